The van der Waals surface area contributed by atoms with Crippen molar-refractivity contribution in [3.8, 4) is 11.1 Å². The molecule has 0 bridgehead atoms. The Bertz CT molecular complexity index is 1330. The monoisotopic (exact) mass is 530 g/mol. The lowest BCUT2D eigenvalue weighted by Gasteiger charge is -2.24. The number of amides is 1. The van der Waals surface area contributed by atoms with Gasteiger partial charge in [0.05, 0.1) is 6.54 Å². The van der Waals surface area contributed by atoms with E-state index < -0.39 is 36.3 Å². The first-order valence-electron chi connectivity index (χ1n) is 11.4. The minimum absolute atomic E-state index is 0.0136. The summed E-state index contributed by atoms with van der Waals surface area (Å²) in [5, 5.41) is 33.9. The molecule has 37 heavy (non-hydrogen) atoms. The van der Waals surface area contributed by atoms with E-state index >= 15 is 0 Å². The van der Waals surface area contributed by atoms with Crippen molar-refractivity contribution in [2.24, 2.45) is 0 Å². The first-order valence-corrected chi connectivity index (χ1v) is 11.8. The van der Waals surface area contributed by atoms with Crippen LogP contribution in [0, 0.1) is 5.82 Å². The number of hydrogen-bond donors (Lipinski definition) is 4. The molecule has 1 aromatic heterocycles. The highest BCUT2D eigenvalue weighted by Gasteiger charge is 2.30. The van der Waals surface area contributed by atoms with Crippen LogP contribution >= 0.6 is 11.6 Å². The highest BCUT2D eigenvalue weighted by Crippen LogP contribution is 2.40. The van der Waals surface area contributed by atoms with E-state index in [4.69, 9.17) is 21.8 Å². The van der Waals surface area contributed by atoms with Crippen LogP contribution in [0.5, 0.6) is 0 Å². The van der Waals surface area contributed by atoms with Gasteiger partial charge in [0, 0.05) is 28.7 Å². The fourth-order valence-corrected chi connectivity index (χ4v) is 4.04. The molecular weight excluding hydrogens is 507 g/mol. The first kappa shape index (κ1) is 26.3. The van der Waals surface area contributed by atoms with Crippen LogP contribution in [0.3, 0.4) is 0 Å². The standard InChI is InChI=1S/C25H24ClFN4O6/c26-17-7-8-19(27)18(9-17)15-3-1-14(2-4-15)11-30(12-22(32)25(36)37)29-24(35)20-10-21(16-5-6-16)31(28-20)13-23(33)34/h1-4,7-10,16,22,32H,5-6,11-13H2,(H,29,35)(H,33,34)(H,36,37). The number of aliphatic carboxylic acids is 2. The fourth-order valence-electron chi connectivity index (χ4n) is 3.87. The van der Waals surface area contributed by atoms with Crippen molar-refractivity contribution < 1.29 is 34.1 Å². The van der Waals surface area contributed by atoms with Crippen LogP contribution in [0.2, 0.25) is 5.02 Å². The Labute approximate surface area is 215 Å². The van der Waals surface area contributed by atoms with Gasteiger partial charge in [0.2, 0.25) is 0 Å². The quantitative estimate of drug-likeness (QED) is 0.277. The maximum absolute atomic E-state index is 14.2. The van der Waals surface area contributed by atoms with E-state index in [0.29, 0.717) is 27.4 Å². The Morgan fingerprint density at radius 1 is 1.14 bits per heavy atom. The number of hydrazine groups is 1. The molecule has 0 saturated heterocycles. The average Bonchev–Trinajstić information content (AvgIpc) is 3.60. The zero-order valence-corrected chi connectivity index (χ0v) is 20.2. The molecule has 1 aliphatic rings. The second-order valence-electron chi connectivity index (χ2n) is 8.78. The van der Waals surface area contributed by atoms with Crippen molar-refractivity contribution in [1.29, 1.82) is 0 Å². The summed E-state index contributed by atoms with van der Waals surface area (Å²) in [4.78, 5) is 35.3. The third-order valence-electron chi connectivity index (χ3n) is 5.83. The normalized spacial score (nSPS) is 13.9. The van der Waals surface area contributed by atoms with Gasteiger partial charge in [0.1, 0.15) is 12.4 Å². The largest absolute Gasteiger partial charge is 0.480 e. The second-order valence-corrected chi connectivity index (χ2v) is 9.21. The number of carboxylic acids is 2. The Morgan fingerprint density at radius 2 is 1.84 bits per heavy atom. The number of rotatable bonds is 11. The Kier molecular flexibility index (Phi) is 7.86. The molecule has 0 aliphatic heterocycles. The zero-order valence-electron chi connectivity index (χ0n) is 19.5. The zero-order chi connectivity index (χ0) is 26.7. The summed E-state index contributed by atoms with van der Waals surface area (Å²) in [7, 11) is 0. The molecule has 4 N–H and O–H groups in total. The van der Waals surface area contributed by atoms with E-state index in [1.54, 1.807) is 24.3 Å². The van der Waals surface area contributed by atoms with E-state index in [-0.39, 0.29) is 24.7 Å². The molecule has 1 amide bonds. The van der Waals surface area contributed by atoms with Crippen molar-refractivity contribution in [3.05, 3.63) is 76.3 Å². The van der Waals surface area contributed by atoms with Gasteiger partial charge in [0.25, 0.3) is 5.91 Å². The number of hydrogen-bond acceptors (Lipinski definition) is 6. The van der Waals surface area contributed by atoms with Crippen molar-refractivity contribution in [1.82, 2.24) is 20.2 Å². The van der Waals surface area contributed by atoms with Crippen LogP contribution in [0.25, 0.3) is 11.1 Å². The molecule has 1 saturated carbocycles. The number of nitrogens with one attached hydrogen (secondary N) is 1. The van der Waals surface area contributed by atoms with Crippen LogP contribution in [-0.4, -0.2) is 60.6 Å². The molecule has 2 aromatic carbocycles. The molecule has 3 aromatic rings. The van der Waals surface area contributed by atoms with Crippen LogP contribution < -0.4 is 5.43 Å². The Morgan fingerprint density at radius 3 is 2.46 bits per heavy atom. The van der Waals surface area contributed by atoms with Crippen molar-refractivity contribution in [2.75, 3.05) is 6.54 Å². The van der Waals surface area contributed by atoms with E-state index in [2.05, 4.69) is 10.5 Å². The lowest BCUT2D eigenvalue weighted by atomic mass is 10.0. The van der Waals surface area contributed by atoms with E-state index in [1.165, 1.54) is 34.0 Å². The van der Waals surface area contributed by atoms with Gasteiger partial charge in [-0.3, -0.25) is 19.7 Å². The van der Waals surface area contributed by atoms with Gasteiger partial charge in [0.15, 0.2) is 11.8 Å². The summed E-state index contributed by atoms with van der Waals surface area (Å²) >= 11 is 5.98. The first-order chi connectivity index (χ1) is 17.6. The molecule has 1 atom stereocenters. The van der Waals surface area contributed by atoms with E-state index in [9.17, 15) is 23.9 Å². The topological polar surface area (TPSA) is 145 Å². The second kappa shape index (κ2) is 11.1. The third kappa shape index (κ3) is 6.70. The van der Waals surface area contributed by atoms with Gasteiger partial charge in [-0.15, -0.1) is 0 Å². The molecule has 0 spiro atoms. The van der Waals surface area contributed by atoms with Crippen molar-refractivity contribution in [3.63, 3.8) is 0 Å². The maximum atomic E-state index is 14.2. The molecule has 194 valence electrons. The van der Waals surface area contributed by atoms with Crippen molar-refractivity contribution >= 4 is 29.4 Å². The van der Waals surface area contributed by atoms with Crippen LogP contribution in [0.15, 0.2) is 48.5 Å². The van der Waals surface area contributed by atoms with Crippen LogP contribution in [0.4, 0.5) is 4.39 Å². The summed E-state index contributed by atoms with van der Waals surface area (Å²) in [6, 6.07) is 12.4. The number of aliphatic hydroxyl groups excluding tert-OH is 1. The summed E-state index contributed by atoms with van der Waals surface area (Å²) in [6.45, 7) is -0.809. The Hall–Kier alpha value is -3.80. The van der Waals surface area contributed by atoms with Gasteiger partial charge in [-0.25, -0.2) is 14.2 Å². The van der Waals surface area contributed by atoms with Crippen LogP contribution in [-0.2, 0) is 22.7 Å². The van der Waals surface area contributed by atoms with Gasteiger partial charge in [-0.2, -0.15) is 5.10 Å². The fraction of sp³-hybridized carbons (Fsp3) is 0.280. The SMILES string of the molecule is O=C(O)Cn1nc(C(=O)NN(Cc2ccc(-c3cc(Cl)ccc3F)cc2)CC(O)C(=O)O)cc1C1CC1. The maximum Gasteiger partial charge on any atom is 0.333 e. The third-order valence-corrected chi connectivity index (χ3v) is 6.06. The number of carbonyl (C=O) groups is 3. The summed E-state index contributed by atoms with van der Waals surface area (Å²) < 4.78 is 15.5. The van der Waals surface area contributed by atoms with Gasteiger partial charge in [-0.1, -0.05) is 35.9 Å². The molecule has 4 rings (SSSR count). The smallest absolute Gasteiger partial charge is 0.333 e. The number of aliphatic hydroxyl groups is 1. The minimum atomic E-state index is -1.79. The molecular formula is C25H24ClFN4O6. The molecule has 1 unspecified atom stereocenters. The molecule has 1 aliphatic carbocycles. The van der Waals surface area contributed by atoms with E-state index in [1.807, 2.05) is 0 Å². The van der Waals surface area contributed by atoms with Gasteiger partial charge >= 0.3 is 11.9 Å². The number of aromatic nitrogens is 2. The molecule has 1 heterocycles. The Balaban J connectivity index is 1.52. The average molecular weight is 531 g/mol. The molecule has 10 nitrogen and oxygen atoms in total. The number of halogens is 2. The molecule has 1 fully saturated rings. The van der Waals surface area contributed by atoms with Crippen LogP contribution in [0.1, 0.15) is 40.5 Å². The predicted molar refractivity (Wildman–Crippen MR) is 130 cm³/mol. The highest BCUT2D eigenvalue weighted by atomic mass is 35.5. The molecule has 0 radical (unpaired) electrons. The summed E-state index contributed by atoms with van der Waals surface area (Å²) in [5.41, 5.74) is 4.70. The summed E-state index contributed by atoms with van der Waals surface area (Å²) in [6.07, 6.45) is -0.0387. The van der Waals surface area contributed by atoms with Gasteiger partial charge in [-0.05, 0) is 48.2 Å². The number of nitrogens with zero attached hydrogens (tertiary/aromatic N) is 3. The lowest BCUT2D eigenvalue weighted by molar-refractivity contribution is -0.148. The van der Waals surface area contributed by atoms with E-state index in [0.717, 1.165) is 12.8 Å². The van der Waals surface area contributed by atoms with Crippen molar-refractivity contribution in [2.45, 2.75) is 38.0 Å². The number of carboxylic acid groups (broad SMARTS) is 2. The lowest BCUT2D eigenvalue weighted by Crippen LogP contribution is -2.47. The number of carbonyl (C=O) groups excluding carboxylic acids is 1. The predicted octanol–water partition coefficient (Wildman–Crippen LogP) is 2.90. The van der Waals surface area contributed by atoms with Gasteiger partial charge < -0.3 is 15.3 Å². The molecule has 12 heteroatoms. The highest BCUT2D eigenvalue weighted by molar-refractivity contribution is 6.30. The number of benzene rings is 2. The summed E-state index contributed by atoms with van der Waals surface area (Å²) in [5.74, 6) is -3.54. The minimum Gasteiger partial charge on any atom is -0.480 e.